The number of H-pyrrole nitrogens is 2. The molecule has 2 atom stereocenters. The van der Waals surface area contributed by atoms with E-state index in [0.29, 0.717) is 13.0 Å². The molecular formula is C50H62N8O7. The molecule has 2 saturated carbocycles. The summed E-state index contributed by atoms with van der Waals surface area (Å²) in [6.45, 7) is 8.05. The Bertz CT molecular complexity index is 2530. The Balaban J connectivity index is 1.02. The summed E-state index contributed by atoms with van der Waals surface area (Å²) in [7, 11) is 2.58. The van der Waals surface area contributed by atoms with E-state index in [0.717, 1.165) is 132 Å². The number of hydrogen-bond acceptors (Lipinski definition) is 9. The highest BCUT2D eigenvalue weighted by atomic mass is 16.5. The number of hydrogen-bond donors (Lipinski definition) is 6. The van der Waals surface area contributed by atoms with Crippen LogP contribution in [0, 0.1) is 11.8 Å². The Morgan fingerprint density at radius 2 is 1.12 bits per heavy atom. The Morgan fingerprint density at radius 3 is 1.65 bits per heavy atom. The largest absolute Gasteiger partial charge is 0.492 e. The molecule has 8 rings (SSSR count). The van der Waals surface area contributed by atoms with Gasteiger partial charge < -0.3 is 45.4 Å². The minimum Gasteiger partial charge on any atom is -0.492 e. The molecule has 3 heterocycles. The lowest BCUT2D eigenvalue weighted by Crippen LogP contribution is -2.56. The van der Waals surface area contributed by atoms with Gasteiger partial charge in [0.05, 0.1) is 54.3 Å². The third-order valence-electron chi connectivity index (χ3n) is 13.5. The summed E-state index contributed by atoms with van der Waals surface area (Å²) >= 11 is 0. The van der Waals surface area contributed by atoms with Crippen LogP contribution >= 0.6 is 0 Å². The number of nitrogens with zero attached hydrogens (tertiary/aromatic N) is 2. The van der Waals surface area contributed by atoms with Crippen molar-refractivity contribution in [2.45, 2.75) is 121 Å². The van der Waals surface area contributed by atoms with Crippen molar-refractivity contribution in [2.24, 2.45) is 11.8 Å². The monoisotopic (exact) mass is 886 g/mol. The van der Waals surface area contributed by atoms with Crippen LogP contribution in [0.1, 0.15) is 109 Å². The number of nitrogens with one attached hydrogen (secondary N) is 6. The molecule has 1 aliphatic heterocycles. The number of carbonyl (C=O) groups is 4. The molecule has 2 aliphatic carbocycles. The third-order valence-corrected chi connectivity index (χ3v) is 13.5. The highest BCUT2D eigenvalue weighted by molar-refractivity contribution is 5.88. The Morgan fingerprint density at radius 1 is 0.631 bits per heavy atom. The van der Waals surface area contributed by atoms with Crippen molar-refractivity contribution < 1.29 is 33.4 Å². The minimum absolute atomic E-state index is 0.143. The van der Waals surface area contributed by atoms with Gasteiger partial charge in [0.15, 0.2) is 0 Å². The van der Waals surface area contributed by atoms with E-state index in [9.17, 15) is 19.2 Å². The lowest BCUT2D eigenvalue weighted by Gasteiger charge is -2.38. The molecule has 2 fully saturated rings. The standard InChI is InChI=1S/C50H62N8O7/c1-29(2)40(55-47(61)63-5)43(59)57-49(22-9-7-10-23-49)45-51-36-20-18-33(27-38(36)53-45)31-13-15-32(16-14-31)34-17-19-35-39(28-34)65-26-21-37-42(35)54-46(52-37)50(24-11-8-12-25-50)58-44(60)41(30(3)4)56-48(62)64-6/h13-20,27-30,40-41H,7-12,21-26H2,1-6H3,(H,51,53)(H,52,54)(H,55,61)(H,56,62)(H,57,59)(H,58,60)/t40-,41-/m0/s1. The van der Waals surface area contributed by atoms with E-state index in [1.807, 2.05) is 33.8 Å². The molecule has 0 bridgehead atoms. The van der Waals surface area contributed by atoms with Crippen LogP contribution in [-0.4, -0.2) is 76.8 Å². The summed E-state index contributed by atoms with van der Waals surface area (Å²) in [5, 5.41) is 12.1. The number of carbonyl (C=O) groups excluding carboxylic acids is 4. The van der Waals surface area contributed by atoms with E-state index >= 15 is 0 Å². The average Bonchev–Trinajstić information content (AvgIpc) is 3.91. The van der Waals surface area contributed by atoms with Crippen molar-refractivity contribution in [1.29, 1.82) is 0 Å². The van der Waals surface area contributed by atoms with Gasteiger partial charge >= 0.3 is 12.2 Å². The Kier molecular flexibility index (Phi) is 13.2. The van der Waals surface area contributed by atoms with Gasteiger partial charge in [-0.1, -0.05) is 103 Å². The summed E-state index contributed by atoms with van der Waals surface area (Å²) in [4.78, 5) is 69.1. The summed E-state index contributed by atoms with van der Waals surface area (Å²) in [6.07, 6.45) is 8.25. The van der Waals surface area contributed by atoms with E-state index in [2.05, 4.69) is 85.8 Å². The van der Waals surface area contributed by atoms with Gasteiger partial charge in [-0.3, -0.25) is 9.59 Å². The van der Waals surface area contributed by atoms with Gasteiger partial charge in [-0.15, -0.1) is 0 Å². The van der Waals surface area contributed by atoms with Gasteiger partial charge in [0.2, 0.25) is 11.8 Å². The zero-order valence-electron chi connectivity index (χ0n) is 38.3. The lowest BCUT2D eigenvalue weighted by molar-refractivity contribution is -0.127. The Labute approximate surface area is 380 Å². The van der Waals surface area contributed by atoms with Crippen molar-refractivity contribution in [2.75, 3.05) is 20.8 Å². The molecule has 0 saturated heterocycles. The number of aromatic amines is 2. The molecule has 344 valence electrons. The van der Waals surface area contributed by atoms with Crippen molar-refractivity contribution >= 4 is 35.0 Å². The van der Waals surface area contributed by atoms with E-state index < -0.39 is 35.3 Å². The van der Waals surface area contributed by atoms with Gasteiger partial charge in [-0.05, 0) is 84.0 Å². The molecule has 3 aromatic carbocycles. The maximum absolute atomic E-state index is 13.8. The molecule has 6 N–H and O–H groups in total. The Hall–Kier alpha value is -6.38. The molecule has 15 nitrogen and oxygen atoms in total. The van der Waals surface area contributed by atoms with Crippen molar-refractivity contribution in [3.63, 3.8) is 0 Å². The molecule has 0 radical (unpaired) electrons. The maximum atomic E-state index is 13.8. The predicted octanol–water partition coefficient (Wildman–Crippen LogP) is 8.53. The maximum Gasteiger partial charge on any atom is 0.407 e. The van der Waals surface area contributed by atoms with Gasteiger partial charge in [0.1, 0.15) is 29.5 Å². The molecule has 2 aromatic heterocycles. The second-order valence-corrected chi connectivity index (χ2v) is 18.6. The van der Waals surface area contributed by atoms with Crippen LogP contribution in [-0.2, 0) is 36.6 Å². The second kappa shape index (κ2) is 19.0. The number of fused-ring (bicyclic) bond motifs is 4. The van der Waals surface area contributed by atoms with Crippen LogP contribution in [0.2, 0.25) is 0 Å². The fourth-order valence-corrected chi connectivity index (χ4v) is 9.82. The van der Waals surface area contributed by atoms with Gasteiger partial charge in [0, 0.05) is 12.0 Å². The molecular weight excluding hydrogens is 825 g/mol. The first kappa shape index (κ1) is 45.2. The topological polar surface area (TPSA) is 201 Å². The van der Waals surface area contributed by atoms with E-state index in [1.54, 1.807) is 0 Å². The minimum atomic E-state index is -0.756. The normalized spacial score (nSPS) is 17.4. The zero-order valence-corrected chi connectivity index (χ0v) is 38.3. The molecule has 0 unspecified atom stereocenters. The lowest BCUT2D eigenvalue weighted by atomic mass is 9.80. The molecule has 3 aliphatic rings. The quantitative estimate of drug-likeness (QED) is 0.0710. The van der Waals surface area contributed by atoms with Crippen LogP contribution in [0.4, 0.5) is 9.59 Å². The summed E-state index contributed by atoms with van der Waals surface area (Å²) in [5.74, 6) is 1.41. The summed E-state index contributed by atoms with van der Waals surface area (Å²) < 4.78 is 16.0. The molecule has 4 amide bonds. The number of benzene rings is 3. The highest BCUT2D eigenvalue weighted by Gasteiger charge is 2.43. The number of imidazole rings is 2. The first-order valence-electron chi connectivity index (χ1n) is 23.1. The first-order valence-corrected chi connectivity index (χ1v) is 23.1. The highest BCUT2D eigenvalue weighted by Crippen LogP contribution is 2.42. The number of methoxy groups -OCH3 is 2. The van der Waals surface area contributed by atoms with Crippen LogP contribution in [0.25, 0.3) is 44.5 Å². The molecule has 0 spiro atoms. The fraction of sp³-hybridized carbons (Fsp3) is 0.480. The second-order valence-electron chi connectivity index (χ2n) is 18.6. The number of rotatable bonds is 12. The van der Waals surface area contributed by atoms with Gasteiger partial charge in [-0.2, -0.15) is 0 Å². The third kappa shape index (κ3) is 9.41. The van der Waals surface area contributed by atoms with E-state index in [-0.39, 0.29) is 23.7 Å². The van der Waals surface area contributed by atoms with Gasteiger partial charge in [-0.25, -0.2) is 19.6 Å². The number of amides is 4. The molecule has 5 aromatic rings. The van der Waals surface area contributed by atoms with Crippen LogP contribution < -0.4 is 26.0 Å². The summed E-state index contributed by atoms with van der Waals surface area (Å²) in [5.41, 5.74) is 7.16. The molecule has 15 heteroatoms. The SMILES string of the molecule is COC(=O)N[C@H](C(=O)NC1(c2nc3c([nH]2)-c2ccc(-c4ccc(-c5ccc6nc(C7(NC(=O)[C@@H](NC(=O)OC)C(C)C)CCCCC7)[nH]c6c5)cc4)cc2OCC3)CCCCC1)C(C)C. The van der Waals surface area contributed by atoms with Crippen molar-refractivity contribution in [3.8, 4) is 39.3 Å². The summed E-state index contributed by atoms with van der Waals surface area (Å²) in [6, 6.07) is 19.4. The van der Waals surface area contributed by atoms with Crippen molar-refractivity contribution in [3.05, 3.63) is 78.0 Å². The number of aromatic nitrogens is 4. The average molecular weight is 887 g/mol. The molecule has 65 heavy (non-hydrogen) atoms. The van der Waals surface area contributed by atoms with Crippen LogP contribution in [0.5, 0.6) is 5.75 Å². The zero-order chi connectivity index (χ0) is 45.9. The predicted molar refractivity (Wildman–Crippen MR) is 248 cm³/mol. The number of alkyl carbamates (subject to hydrolysis) is 2. The van der Waals surface area contributed by atoms with Crippen molar-refractivity contribution in [1.82, 2.24) is 41.2 Å². The van der Waals surface area contributed by atoms with E-state index in [4.69, 9.17) is 24.2 Å². The van der Waals surface area contributed by atoms with Crippen LogP contribution in [0.15, 0.2) is 60.7 Å². The smallest absolute Gasteiger partial charge is 0.407 e. The van der Waals surface area contributed by atoms with Crippen LogP contribution in [0.3, 0.4) is 0 Å². The van der Waals surface area contributed by atoms with E-state index in [1.165, 1.54) is 14.2 Å². The fourth-order valence-electron chi connectivity index (χ4n) is 9.82. The van der Waals surface area contributed by atoms with Gasteiger partial charge in [0.25, 0.3) is 0 Å². The number of ether oxygens (including phenoxy) is 3. The first-order chi connectivity index (χ1) is 31.3.